The van der Waals surface area contributed by atoms with Gasteiger partial charge in [-0.1, -0.05) is 6.07 Å². The first-order valence-corrected chi connectivity index (χ1v) is 8.77. The molecular formula is C19H26IN3O4. The lowest BCUT2D eigenvalue weighted by atomic mass is 10.1. The van der Waals surface area contributed by atoms with Gasteiger partial charge in [0, 0.05) is 26.6 Å². The summed E-state index contributed by atoms with van der Waals surface area (Å²) in [6.45, 7) is 3.01. The molecule has 27 heavy (non-hydrogen) atoms. The van der Waals surface area contributed by atoms with Gasteiger partial charge in [-0.2, -0.15) is 0 Å². The highest BCUT2D eigenvalue weighted by atomic mass is 127. The van der Waals surface area contributed by atoms with E-state index in [1.165, 1.54) is 5.56 Å². The van der Waals surface area contributed by atoms with Gasteiger partial charge >= 0.3 is 0 Å². The van der Waals surface area contributed by atoms with E-state index < -0.39 is 0 Å². The number of hydrogen-bond acceptors (Lipinski definition) is 5. The first-order valence-electron chi connectivity index (χ1n) is 8.77. The topological polar surface area (TPSA) is 77.2 Å². The number of hydrogen-bond donors (Lipinski definition) is 2. The van der Waals surface area contributed by atoms with Crippen LogP contribution in [0.3, 0.4) is 0 Å². The van der Waals surface area contributed by atoms with Crippen LogP contribution in [0.2, 0.25) is 0 Å². The Morgan fingerprint density at radius 1 is 1.11 bits per heavy atom. The maximum absolute atomic E-state index is 5.42. The molecule has 0 amide bonds. The molecule has 0 unspecified atom stereocenters. The molecule has 148 valence electrons. The standard InChI is InChI=1S/C19H25N3O4.HI/c1-23-12-10-22-19(21-9-7-16-3-2-11-24-16)20-8-6-15-4-5-17-18(13-15)26-14-25-17;/h2-5,11,13H,6-10,12,14H2,1H3,(H2,20,21,22);1H. The van der Waals surface area contributed by atoms with E-state index in [1.54, 1.807) is 13.4 Å². The third kappa shape index (κ3) is 6.94. The number of ether oxygens (including phenoxy) is 3. The second-order valence-corrected chi connectivity index (χ2v) is 5.84. The molecule has 2 heterocycles. The fourth-order valence-corrected chi connectivity index (χ4v) is 2.60. The molecule has 1 aromatic carbocycles. The lowest BCUT2D eigenvalue weighted by molar-refractivity contribution is 0.174. The zero-order valence-corrected chi connectivity index (χ0v) is 17.7. The third-order valence-electron chi connectivity index (χ3n) is 3.95. The van der Waals surface area contributed by atoms with E-state index in [-0.39, 0.29) is 24.0 Å². The number of halogens is 1. The van der Waals surface area contributed by atoms with E-state index in [1.807, 2.05) is 24.3 Å². The van der Waals surface area contributed by atoms with Crippen molar-refractivity contribution in [3.63, 3.8) is 0 Å². The van der Waals surface area contributed by atoms with E-state index in [4.69, 9.17) is 18.6 Å². The van der Waals surface area contributed by atoms with Crippen LogP contribution in [-0.4, -0.2) is 46.1 Å². The highest BCUT2D eigenvalue weighted by Crippen LogP contribution is 2.32. The first kappa shape index (κ1) is 21.4. The molecule has 0 aliphatic carbocycles. The van der Waals surface area contributed by atoms with Gasteiger partial charge in [0.15, 0.2) is 17.5 Å². The van der Waals surface area contributed by atoms with Gasteiger partial charge in [-0.3, -0.25) is 4.99 Å². The quantitative estimate of drug-likeness (QED) is 0.245. The van der Waals surface area contributed by atoms with Crippen LogP contribution in [0.4, 0.5) is 0 Å². The number of nitrogens with one attached hydrogen (secondary N) is 2. The Morgan fingerprint density at radius 3 is 2.70 bits per heavy atom. The minimum absolute atomic E-state index is 0. The molecule has 0 spiro atoms. The predicted molar refractivity (Wildman–Crippen MR) is 114 cm³/mol. The fourth-order valence-electron chi connectivity index (χ4n) is 2.60. The molecule has 0 bridgehead atoms. The number of fused-ring (bicyclic) bond motifs is 1. The molecule has 1 aromatic heterocycles. The van der Waals surface area contributed by atoms with E-state index >= 15 is 0 Å². The number of methoxy groups -OCH3 is 1. The Balaban J connectivity index is 0.00000261. The average molecular weight is 487 g/mol. The molecule has 0 atom stereocenters. The third-order valence-corrected chi connectivity index (χ3v) is 3.95. The molecule has 0 saturated heterocycles. The smallest absolute Gasteiger partial charge is 0.231 e. The highest BCUT2D eigenvalue weighted by molar-refractivity contribution is 14.0. The van der Waals surface area contributed by atoms with E-state index in [2.05, 4.69) is 21.7 Å². The molecule has 0 fully saturated rings. The molecule has 2 N–H and O–H groups in total. The summed E-state index contributed by atoms with van der Waals surface area (Å²) < 4.78 is 21.2. The zero-order chi connectivity index (χ0) is 18.0. The van der Waals surface area contributed by atoms with Gasteiger partial charge in [0.25, 0.3) is 0 Å². The van der Waals surface area contributed by atoms with Crippen molar-refractivity contribution in [2.75, 3.05) is 40.1 Å². The largest absolute Gasteiger partial charge is 0.469 e. The van der Waals surface area contributed by atoms with Crippen LogP contribution in [0.1, 0.15) is 11.3 Å². The van der Waals surface area contributed by atoms with Gasteiger partial charge in [-0.25, -0.2) is 0 Å². The van der Waals surface area contributed by atoms with Crippen molar-refractivity contribution in [1.29, 1.82) is 0 Å². The van der Waals surface area contributed by atoms with Gasteiger partial charge < -0.3 is 29.3 Å². The summed E-state index contributed by atoms with van der Waals surface area (Å²) in [4.78, 5) is 4.52. The van der Waals surface area contributed by atoms with Crippen LogP contribution in [0, 0.1) is 0 Å². The monoisotopic (exact) mass is 487 g/mol. The molecule has 7 nitrogen and oxygen atoms in total. The van der Waals surface area contributed by atoms with Gasteiger partial charge in [0.05, 0.1) is 19.4 Å². The molecule has 1 aliphatic rings. The summed E-state index contributed by atoms with van der Waals surface area (Å²) in [5, 5.41) is 6.68. The van der Waals surface area contributed by atoms with E-state index in [0.717, 1.165) is 49.1 Å². The average Bonchev–Trinajstić information content (AvgIpc) is 3.32. The van der Waals surface area contributed by atoms with Gasteiger partial charge in [0.1, 0.15) is 5.76 Å². The van der Waals surface area contributed by atoms with Crippen molar-refractivity contribution in [1.82, 2.24) is 10.6 Å². The number of nitrogens with zero attached hydrogens (tertiary/aromatic N) is 1. The molecular weight excluding hydrogens is 461 g/mol. The first-order chi connectivity index (χ1) is 12.8. The SMILES string of the molecule is COCCN=C(NCCc1ccc2c(c1)OCO2)NCCc1ccco1.I. The normalized spacial score (nSPS) is 12.6. The highest BCUT2D eigenvalue weighted by Gasteiger charge is 2.12. The lowest BCUT2D eigenvalue weighted by Crippen LogP contribution is -2.39. The number of rotatable bonds is 9. The Bertz CT molecular complexity index is 707. The Kier molecular flexibility index (Phi) is 9.26. The number of benzene rings is 1. The zero-order valence-electron chi connectivity index (χ0n) is 15.4. The number of guanidine groups is 1. The van der Waals surface area contributed by atoms with Crippen molar-refractivity contribution in [2.24, 2.45) is 4.99 Å². The lowest BCUT2D eigenvalue weighted by Gasteiger charge is -2.12. The number of aliphatic imine (C=N–C) groups is 1. The van der Waals surface area contributed by atoms with Crippen molar-refractivity contribution in [3.8, 4) is 11.5 Å². The molecule has 3 rings (SSSR count). The van der Waals surface area contributed by atoms with Crippen LogP contribution < -0.4 is 20.1 Å². The minimum Gasteiger partial charge on any atom is -0.469 e. The molecule has 8 heteroatoms. The molecule has 1 aliphatic heterocycles. The summed E-state index contributed by atoms with van der Waals surface area (Å²) in [6, 6.07) is 9.90. The van der Waals surface area contributed by atoms with Crippen LogP contribution in [0.5, 0.6) is 11.5 Å². The Hall–Kier alpha value is -1.94. The maximum atomic E-state index is 5.42. The summed E-state index contributed by atoms with van der Waals surface area (Å²) in [6.07, 6.45) is 3.35. The van der Waals surface area contributed by atoms with Gasteiger partial charge in [0.2, 0.25) is 6.79 Å². The van der Waals surface area contributed by atoms with Crippen molar-refractivity contribution in [2.45, 2.75) is 12.8 Å². The van der Waals surface area contributed by atoms with Crippen LogP contribution in [0.25, 0.3) is 0 Å². The van der Waals surface area contributed by atoms with Gasteiger partial charge in [-0.05, 0) is 36.2 Å². The second-order valence-electron chi connectivity index (χ2n) is 5.84. The second kappa shape index (κ2) is 11.7. The summed E-state index contributed by atoms with van der Waals surface area (Å²) >= 11 is 0. The minimum atomic E-state index is 0. The number of furan rings is 1. The Morgan fingerprint density at radius 2 is 1.93 bits per heavy atom. The maximum Gasteiger partial charge on any atom is 0.231 e. The summed E-state index contributed by atoms with van der Waals surface area (Å²) in [5.41, 5.74) is 1.19. The summed E-state index contributed by atoms with van der Waals surface area (Å²) in [7, 11) is 1.67. The van der Waals surface area contributed by atoms with Crippen molar-refractivity contribution >= 4 is 29.9 Å². The molecule has 2 aromatic rings. The van der Waals surface area contributed by atoms with Crippen molar-refractivity contribution < 1.29 is 18.6 Å². The van der Waals surface area contributed by atoms with Crippen LogP contribution in [-0.2, 0) is 17.6 Å². The Labute approximate surface area is 176 Å². The summed E-state index contributed by atoms with van der Waals surface area (Å²) in [5.74, 6) is 3.35. The van der Waals surface area contributed by atoms with Crippen molar-refractivity contribution in [3.05, 3.63) is 47.9 Å². The van der Waals surface area contributed by atoms with E-state index in [0.29, 0.717) is 19.9 Å². The molecule has 0 radical (unpaired) electrons. The molecule has 0 saturated carbocycles. The van der Waals surface area contributed by atoms with Crippen LogP contribution in [0.15, 0.2) is 46.0 Å². The van der Waals surface area contributed by atoms with Gasteiger partial charge in [-0.15, -0.1) is 24.0 Å². The predicted octanol–water partition coefficient (Wildman–Crippen LogP) is 2.59. The van der Waals surface area contributed by atoms with E-state index in [9.17, 15) is 0 Å². The van der Waals surface area contributed by atoms with Crippen LogP contribution >= 0.6 is 24.0 Å². The fraction of sp³-hybridized carbons (Fsp3) is 0.421.